The number of imidazole rings is 1. The van der Waals surface area contributed by atoms with Crippen molar-refractivity contribution in [2.24, 2.45) is 0 Å². The van der Waals surface area contributed by atoms with Crippen LogP contribution in [0.25, 0.3) is 11.0 Å². The third kappa shape index (κ3) is 4.29. The highest BCUT2D eigenvalue weighted by Gasteiger charge is 2.22. The predicted molar refractivity (Wildman–Crippen MR) is 120 cm³/mol. The highest BCUT2D eigenvalue weighted by Crippen LogP contribution is 2.32. The van der Waals surface area contributed by atoms with Crippen molar-refractivity contribution in [2.75, 3.05) is 17.7 Å². The third-order valence-electron chi connectivity index (χ3n) is 4.90. The molecule has 2 heterocycles. The van der Waals surface area contributed by atoms with Gasteiger partial charge in [-0.05, 0) is 48.9 Å². The van der Waals surface area contributed by atoms with E-state index in [0.29, 0.717) is 29.2 Å². The molecule has 0 saturated carbocycles. The van der Waals surface area contributed by atoms with Crippen molar-refractivity contribution in [2.45, 2.75) is 13.3 Å². The molecule has 4 rings (SSSR count). The number of hydrogen-bond acceptors (Lipinski definition) is 5. The molecule has 0 aliphatic rings. The van der Waals surface area contributed by atoms with Gasteiger partial charge >= 0.3 is 0 Å². The molecule has 0 radical (unpaired) electrons. The van der Waals surface area contributed by atoms with Crippen LogP contribution in [0.2, 0.25) is 5.02 Å². The number of nitrogens with one attached hydrogen (secondary N) is 2. The summed E-state index contributed by atoms with van der Waals surface area (Å²) < 4.78 is 16.6. The lowest BCUT2D eigenvalue weighted by atomic mass is 10.1. The number of anilines is 2. The number of rotatable bonds is 6. The molecule has 2 aromatic carbocycles. The minimum Gasteiger partial charge on any atom is -0.352 e. The Labute approximate surface area is 183 Å². The largest absolute Gasteiger partial charge is 0.352 e. The molecule has 7 nitrogen and oxygen atoms in total. The van der Waals surface area contributed by atoms with E-state index in [1.54, 1.807) is 24.4 Å². The van der Waals surface area contributed by atoms with Crippen LogP contribution in [0.1, 0.15) is 21.6 Å². The summed E-state index contributed by atoms with van der Waals surface area (Å²) in [6.45, 7) is 2.18. The maximum absolute atomic E-state index is 15.4. The van der Waals surface area contributed by atoms with Crippen molar-refractivity contribution in [3.05, 3.63) is 82.6 Å². The number of carbonyl (C=O) groups excluding carboxylic acids is 1. The number of nitrogen functional groups attached to an aromatic ring is 1. The number of pyridine rings is 1. The van der Waals surface area contributed by atoms with Gasteiger partial charge in [0.25, 0.3) is 5.91 Å². The summed E-state index contributed by atoms with van der Waals surface area (Å²) in [5.41, 5.74) is 2.79. The zero-order chi connectivity index (χ0) is 22.0. The van der Waals surface area contributed by atoms with Crippen molar-refractivity contribution >= 4 is 39.9 Å². The average Bonchev–Trinajstić information content (AvgIpc) is 3.13. The first-order valence-electron chi connectivity index (χ1n) is 9.60. The van der Waals surface area contributed by atoms with E-state index < -0.39 is 11.7 Å². The number of amides is 1. The van der Waals surface area contributed by atoms with E-state index in [0.717, 1.165) is 11.3 Å². The zero-order valence-corrected chi connectivity index (χ0v) is 17.4. The zero-order valence-electron chi connectivity index (χ0n) is 16.7. The monoisotopic (exact) mass is 438 g/mol. The minimum atomic E-state index is -0.661. The Kier molecular flexibility index (Phi) is 5.73. The quantitative estimate of drug-likeness (QED) is 0.396. The number of nitrogens with zero attached hydrogens (tertiary/aromatic N) is 3. The Morgan fingerprint density at radius 1 is 1.23 bits per heavy atom. The molecular weight excluding hydrogens is 419 g/mol. The smallest absolute Gasteiger partial charge is 0.253 e. The second-order valence-corrected chi connectivity index (χ2v) is 7.48. The second-order valence-electron chi connectivity index (χ2n) is 7.04. The highest BCUT2D eigenvalue weighted by molar-refractivity contribution is 6.30. The molecule has 1 amide bonds. The second kappa shape index (κ2) is 8.61. The summed E-state index contributed by atoms with van der Waals surface area (Å²) >= 11 is 6.02. The summed E-state index contributed by atoms with van der Waals surface area (Å²) in [6.07, 6.45) is 3.54. The number of nitrogens with two attached hydrogens (primary N) is 1. The molecule has 9 heteroatoms. The summed E-state index contributed by atoms with van der Waals surface area (Å²) in [4.78, 5) is 21.2. The lowest BCUT2D eigenvalue weighted by Gasteiger charge is -2.16. The summed E-state index contributed by atoms with van der Waals surface area (Å²) in [6, 6.07) is 12.3. The number of benzene rings is 2. The lowest BCUT2D eigenvalue weighted by molar-refractivity contribution is 0.0954. The van der Waals surface area contributed by atoms with Crippen LogP contribution in [-0.2, 0) is 6.42 Å². The summed E-state index contributed by atoms with van der Waals surface area (Å²) in [7, 11) is 0. The Bertz CT molecular complexity index is 1260. The molecule has 0 atom stereocenters. The van der Waals surface area contributed by atoms with Gasteiger partial charge in [-0.1, -0.05) is 17.7 Å². The SMILES string of the molecule is Cc1cc(Cl)ccc1Nc1c(C(=O)NCCc2ccccn2)cc2c(ncn2N)c1F. The first-order valence-corrected chi connectivity index (χ1v) is 9.97. The number of carbonyl (C=O) groups is 1. The van der Waals surface area contributed by atoms with Crippen LogP contribution in [-0.4, -0.2) is 27.1 Å². The van der Waals surface area contributed by atoms with Crippen molar-refractivity contribution < 1.29 is 9.18 Å². The van der Waals surface area contributed by atoms with Gasteiger partial charge in [0, 0.05) is 35.6 Å². The van der Waals surface area contributed by atoms with E-state index in [1.165, 1.54) is 17.1 Å². The number of aryl methyl sites for hydroxylation is 1. The average molecular weight is 439 g/mol. The van der Waals surface area contributed by atoms with Gasteiger partial charge in [-0.25, -0.2) is 14.1 Å². The Hall–Kier alpha value is -3.65. The number of aromatic nitrogens is 3. The van der Waals surface area contributed by atoms with Crippen molar-refractivity contribution in [3.63, 3.8) is 0 Å². The molecule has 0 aliphatic carbocycles. The van der Waals surface area contributed by atoms with Gasteiger partial charge in [-0.15, -0.1) is 0 Å². The van der Waals surface area contributed by atoms with Crippen molar-refractivity contribution in [3.8, 4) is 0 Å². The molecule has 4 N–H and O–H groups in total. The van der Waals surface area contributed by atoms with E-state index in [1.807, 2.05) is 25.1 Å². The molecular formula is C22H20ClFN6O. The van der Waals surface area contributed by atoms with Crippen molar-refractivity contribution in [1.82, 2.24) is 20.0 Å². The van der Waals surface area contributed by atoms with Gasteiger partial charge in [0.1, 0.15) is 11.8 Å². The van der Waals surface area contributed by atoms with Crippen molar-refractivity contribution in [1.29, 1.82) is 0 Å². The Morgan fingerprint density at radius 2 is 2.06 bits per heavy atom. The van der Waals surface area contributed by atoms with E-state index in [4.69, 9.17) is 17.4 Å². The molecule has 31 heavy (non-hydrogen) atoms. The number of hydrogen-bond donors (Lipinski definition) is 3. The van der Waals surface area contributed by atoms with Crippen LogP contribution in [0, 0.1) is 12.7 Å². The highest BCUT2D eigenvalue weighted by atomic mass is 35.5. The molecule has 0 aliphatic heterocycles. The van der Waals surface area contributed by atoms with E-state index in [-0.39, 0.29) is 16.8 Å². The van der Waals surface area contributed by atoms with Gasteiger partial charge < -0.3 is 16.5 Å². The van der Waals surface area contributed by atoms with E-state index in [2.05, 4.69) is 20.6 Å². The van der Waals surface area contributed by atoms with Gasteiger partial charge in [-0.2, -0.15) is 0 Å². The summed E-state index contributed by atoms with van der Waals surface area (Å²) in [5, 5.41) is 6.42. The van der Waals surface area contributed by atoms with Gasteiger partial charge in [0.15, 0.2) is 5.82 Å². The van der Waals surface area contributed by atoms with E-state index >= 15 is 4.39 Å². The fourth-order valence-corrected chi connectivity index (χ4v) is 3.50. The summed E-state index contributed by atoms with van der Waals surface area (Å²) in [5.74, 6) is 4.75. The number of fused-ring (bicyclic) bond motifs is 1. The first kappa shape index (κ1) is 20.6. The van der Waals surface area contributed by atoms with Crippen LogP contribution in [0.4, 0.5) is 15.8 Å². The molecule has 0 bridgehead atoms. The Morgan fingerprint density at radius 3 is 2.81 bits per heavy atom. The first-order chi connectivity index (χ1) is 14.9. The number of halogens is 2. The topological polar surface area (TPSA) is 97.9 Å². The fourth-order valence-electron chi connectivity index (χ4n) is 3.28. The maximum atomic E-state index is 15.4. The van der Waals surface area contributed by atoms with Crippen LogP contribution >= 0.6 is 11.6 Å². The lowest BCUT2D eigenvalue weighted by Crippen LogP contribution is -2.27. The molecule has 0 spiro atoms. The van der Waals surface area contributed by atoms with Gasteiger partial charge in [-0.3, -0.25) is 9.78 Å². The normalized spacial score (nSPS) is 10.9. The standard InChI is InChI=1S/C22H20ClFN6O/c1-13-10-14(23)5-6-17(13)29-20-16(11-18-21(19(20)24)28-12-30(18)25)22(31)27-9-7-15-4-2-3-8-26-15/h2-6,8,10-12,29H,7,9,25H2,1H3,(H,27,31). The molecule has 2 aromatic heterocycles. The van der Waals surface area contributed by atoms with Crippen LogP contribution in [0.5, 0.6) is 0 Å². The Balaban J connectivity index is 1.67. The molecule has 0 saturated heterocycles. The van der Waals surface area contributed by atoms with Crippen LogP contribution in [0.15, 0.2) is 55.0 Å². The van der Waals surface area contributed by atoms with Gasteiger partial charge in [0.2, 0.25) is 0 Å². The van der Waals surface area contributed by atoms with E-state index in [9.17, 15) is 4.79 Å². The molecule has 0 fully saturated rings. The van der Waals surface area contributed by atoms with Crippen LogP contribution < -0.4 is 16.5 Å². The molecule has 158 valence electrons. The third-order valence-corrected chi connectivity index (χ3v) is 5.13. The molecule has 0 unspecified atom stereocenters. The molecule has 4 aromatic rings. The predicted octanol–water partition coefficient (Wildman–Crippen LogP) is 3.96. The van der Waals surface area contributed by atoms with Gasteiger partial charge in [0.05, 0.1) is 16.8 Å². The minimum absolute atomic E-state index is 0.0203. The maximum Gasteiger partial charge on any atom is 0.253 e. The fraction of sp³-hybridized carbons (Fsp3) is 0.136. The van der Waals surface area contributed by atoms with Crippen LogP contribution in [0.3, 0.4) is 0 Å².